The quantitative estimate of drug-likeness (QED) is 0.226. The first-order valence-electron chi connectivity index (χ1n) is 3.63. The fourth-order valence-corrected chi connectivity index (χ4v) is 1.09. The van der Waals surface area contributed by atoms with Crippen LogP contribution in [0.3, 0.4) is 0 Å². The molecule has 0 aliphatic heterocycles. The zero-order chi connectivity index (χ0) is 10.5. The van der Waals surface area contributed by atoms with E-state index in [1.807, 2.05) is 0 Å². The molecule has 0 aromatic heterocycles. The van der Waals surface area contributed by atoms with Gasteiger partial charge in [-0.3, -0.25) is 9.35 Å². The Kier molecular flexibility index (Phi) is 9.73. The molecule has 1 N–H and O–H groups in total. The van der Waals surface area contributed by atoms with Gasteiger partial charge in [0.15, 0.2) is 0 Å². The number of hydrogen-bond acceptors (Lipinski definition) is 5. The van der Waals surface area contributed by atoms with Crippen LogP contribution in [-0.4, -0.2) is 66.1 Å². The van der Waals surface area contributed by atoms with Crippen LogP contribution in [0, 0.1) is 0 Å². The van der Waals surface area contributed by atoms with Gasteiger partial charge in [-0.2, -0.15) is 21.0 Å². The van der Waals surface area contributed by atoms with E-state index < -0.39 is 27.1 Å². The van der Waals surface area contributed by atoms with Crippen molar-refractivity contribution in [3.8, 4) is 0 Å². The van der Waals surface area contributed by atoms with E-state index in [1.165, 1.54) is 0 Å². The first kappa shape index (κ1) is 17.1. The van der Waals surface area contributed by atoms with Crippen LogP contribution in [0.1, 0.15) is 13.3 Å². The fourth-order valence-electron chi connectivity index (χ4n) is 0.535. The van der Waals surface area contributed by atoms with Gasteiger partial charge in [0.25, 0.3) is 10.1 Å². The fraction of sp³-hybridized carbons (Fsp3) is 0.833. The molecular weight excluding hydrogens is 239 g/mol. The van der Waals surface area contributed by atoms with Crippen molar-refractivity contribution < 1.29 is 22.5 Å². The summed E-state index contributed by atoms with van der Waals surface area (Å²) in [7, 11) is -3.95. The third-order valence-electron chi connectivity index (χ3n) is 1.13. The summed E-state index contributed by atoms with van der Waals surface area (Å²) in [6.07, 6.45) is 0.0884. The number of ether oxygens (including phenoxy) is 1. The molecule has 0 aliphatic carbocycles. The van der Waals surface area contributed by atoms with E-state index in [4.69, 9.17) is 4.55 Å². The topological polar surface area (TPSA) is 80.7 Å². The molecular formula is C6H13NaO5S2. The molecule has 0 radical (unpaired) electrons. The molecule has 0 fully saturated rings. The second-order valence-electron chi connectivity index (χ2n) is 2.48. The molecule has 5 nitrogen and oxygen atoms in total. The average Bonchev–Trinajstić information content (AvgIpc) is 1.95. The number of thiol groups is 1. The van der Waals surface area contributed by atoms with E-state index in [0.717, 1.165) is 0 Å². The van der Waals surface area contributed by atoms with Crippen molar-refractivity contribution in [2.24, 2.45) is 0 Å². The maximum atomic E-state index is 10.8. The first-order valence-corrected chi connectivity index (χ1v) is 5.75. The van der Waals surface area contributed by atoms with Crippen molar-refractivity contribution >= 4 is 58.3 Å². The Hall–Kier alpha value is 0.730. The summed E-state index contributed by atoms with van der Waals surface area (Å²) in [4.78, 5) is 10.8. The molecule has 0 heterocycles. The van der Waals surface area contributed by atoms with E-state index in [2.05, 4.69) is 17.4 Å². The van der Waals surface area contributed by atoms with E-state index in [0.29, 0.717) is 0 Å². The van der Waals surface area contributed by atoms with E-state index in [9.17, 15) is 13.2 Å². The minimum absolute atomic E-state index is 0. The zero-order valence-electron chi connectivity index (χ0n) is 7.13. The van der Waals surface area contributed by atoms with Crippen LogP contribution in [0.2, 0.25) is 0 Å². The molecule has 0 spiro atoms. The molecule has 14 heavy (non-hydrogen) atoms. The maximum absolute atomic E-state index is 10.8. The number of hydrogen-bond donors (Lipinski definition) is 2. The summed E-state index contributed by atoms with van der Waals surface area (Å²) >= 11 is 3.81. The second kappa shape index (κ2) is 7.95. The Morgan fingerprint density at radius 3 is 2.43 bits per heavy atom. The zero-order valence-corrected chi connectivity index (χ0v) is 8.85. The average molecular weight is 252 g/mol. The summed E-state index contributed by atoms with van der Waals surface area (Å²) in [5.41, 5.74) is 0. The molecule has 1 atom stereocenters. The van der Waals surface area contributed by atoms with Crippen LogP contribution >= 0.6 is 12.6 Å². The van der Waals surface area contributed by atoms with E-state index >= 15 is 0 Å². The normalized spacial score (nSPS) is 12.8. The Bertz CT molecular complexity index is 261. The van der Waals surface area contributed by atoms with Crippen LogP contribution in [0.4, 0.5) is 0 Å². The SMILES string of the molecule is CC(S)C(=O)OCCCS(=O)(=O)O.[NaH]. The van der Waals surface area contributed by atoms with Gasteiger partial charge >= 0.3 is 35.5 Å². The Morgan fingerprint density at radius 2 is 2.07 bits per heavy atom. The monoisotopic (exact) mass is 252 g/mol. The Balaban J connectivity index is 0. The van der Waals surface area contributed by atoms with Gasteiger partial charge in [0.05, 0.1) is 17.6 Å². The molecule has 0 saturated heterocycles. The van der Waals surface area contributed by atoms with Crippen LogP contribution < -0.4 is 0 Å². The summed E-state index contributed by atoms with van der Waals surface area (Å²) in [6.45, 7) is 1.53. The standard InChI is InChI=1S/C6H12O5S2.Na.H/c1-5(12)6(7)11-3-2-4-13(8,9)10;;/h5,12H,2-4H2,1H3,(H,8,9,10);;. The summed E-state index contributed by atoms with van der Waals surface area (Å²) in [6, 6.07) is 0. The molecule has 0 aliphatic rings. The van der Waals surface area contributed by atoms with Crippen LogP contribution in [0.5, 0.6) is 0 Å². The van der Waals surface area contributed by atoms with Crippen LogP contribution in [0.15, 0.2) is 0 Å². The third kappa shape index (κ3) is 10.8. The predicted molar refractivity (Wildman–Crippen MR) is 57.6 cm³/mol. The van der Waals surface area contributed by atoms with Gasteiger partial charge in [-0.1, -0.05) is 0 Å². The summed E-state index contributed by atoms with van der Waals surface area (Å²) < 4.78 is 33.3. The number of rotatable bonds is 5. The minimum atomic E-state index is -3.95. The molecule has 0 aromatic carbocycles. The van der Waals surface area contributed by atoms with Gasteiger partial charge in [0, 0.05) is 0 Å². The van der Waals surface area contributed by atoms with E-state index in [1.54, 1.807) is 6.92 Å². The Morgan fingerprint density at radius 1 is 1.57 bits per heavy atom. The molecule has 80 valence electrons. The van der Waals surface area contributed by atoms with Crippen molar-refractivity contribution in [3.63, 3.8) is 0 Å². The van der Waals surface area contributed by atoms with Gasteiger partial charge < -0.3 is 4.74 Å². The van der Waals surface area contributed by atoms with Crippen molar-refractivity contribution in [2.45, 2.75) is 18.6 Å². The van der Waals surface area contributed by atoms with Crippen molar-refractivity contribution in [1.82, 2.24) is 0 Å². The molecule has 0 bridgehead atoms. The van der Waals surface area contributed by atoms with Crippen molar-refractivity contribution in [2.75, 3.05) is 12.4 Å². The third-order valence-corrected chi connectivity index (χ3v) is 2.15. The van der Waals surface area contributed by atoms with Gasteiger partial charge in [-0.25, -0.2) is 0 Å². The van der Waals surface area contributed by atoms with Gasteiger partial charge in [0.2, 0.25) is 0 Å². The summed E-state index contributed by atoms with van der Waals surface area (Å²) in [5, 5.41) is -0.522. The summed E-state index contributed by atoms with van der Waals surface area (Å²) in [5.74, 6) is -0.903. The molecule has 0 saturated carbocycles. The molecule has 8 heteroatoms. The number of carbonyl (C=O) groups excluding carboxylic acids is 1. The molecule has 1 unspecified atom stereocenters. The van der Waals surface area contributed by atoms with Gasteiger partial charge in [0.1, 0.15) is 0 Å². The van der Waals surface area contributed by atoms with Gasteiger partial charge in [-0.05, 0) is 13.3 Å². The molecule has 0 aromatic rings. The van der Waals surface area contributed by atoms with Crippen molar-refractivity contribution in [1.29, 1.82) is 0 Å². The predicted octanol–water partition coefficient (Wildman–Crippen LogP) is -0.523. The number of esters is 1. The van der Waals surface area contributed by atoms with Crippen LogP contribution in [-0.2, 0) is 19.6 Å². The Labute approximate surface area is 111 Å². The second-order valence-corrected chi connectivity index (χ2v) is 4.83. The number of carbonyl (C=O) groups is 1. The van der Waals surface area contributed by atoms with E-state index in [-0.39, 0.29) is 42.6 Å². The van der Waals surface area contributed by atoms with Crippen LogP contribution in [0.25, 0.3) is 0 Å². The van der Waals surface area contributed by atoms with Gasteiger partial charge in [-0.15, -0.1) is 0 Å². The first-order chi connectivity index (χ1) is 5.83. The molecule has 0 amide bonds. The molecule has 0 rings (SSSR count). The van der Waals surface area contributed by atoms with Crippen molar-refractivity contribution in [3.05, 3.63) is 0 Å².